The minimum absolute atomic E-state index is 0. The van der Waals surface area contributed by atoms with Gasteiger partial charge in [-0.3, -0.25) is 0 Å². The second kappa shape index (κ2) is 24.7. The summed E-state index contributed by atoms with van der Waals surface area (Å²) >= 11 is -2.69. The molecule has 0 saturated carbocycles. The molecule has 0 spiro atoms. The Morgan fingerprint density at radius 3 is 0.864 bits per heavy atom. The van der Waals surface area contributed by atoms with Gasteiger partial charge in [-0.15, -0.1) is 0 Å². The number of benzene rings is 5. The fourth-order valence-electron chi connectivity index (χ4n) is 4.83. The van der Waals surface area contributed by atoms with Crippen LogP contribution in [0, 0.1) is 20.0 Å². The van der Waals surface area contributed by atoms with Crippen LogP contribution in [0.25, 0.3) is 0 Å². The molecule has 0 bridgehead atoms. The molecule has 44 heavy (non-hydrogen) atoms. The van der Waals surface area contributed by atoms with Crippen LogP contribution in [0.2, 0.25) is 10.4 Å². The summed E-state index contributed by atoms with van der Waals surface area (Å²) in [6, 6.07) is 56.8. The van der Waals surface area contributed by atoms with Crippen molar-refractivity contribution in [3.8, 4) is 0 Å². The van der Waals surface area contributed by atoms with E-state index in [4.69, 9.17) is 14.0 Å². The fourth-order valence-corrected chi connectivity index (χ4v) is 21.4. The van der Waals surface area contributed by atoms with Crippen LogP contribution < -0.4 is 22.7 Å². The van der Waals surface area contributed by atoms with Crippen LogP contribution in [0.4, 0.5) is 0 Å². The van der Waals surface area contributed by atoms with Crippen molar-refractivity contribution in [1.29, 1.82) is 0 Å². The molecule has 0 aliphatic carbocycles. The molecular weight excluding hydrogens is 725 g/mol. The number of hydrogen-bond acceptors (Lipinski definition) is 0. The Labute approximate surface area is 283 Å². The predicted octanol–water partition coefficient (Wildman–Crippen LogP) is 5.03. The zero-order valence-corrected chi connectivity index (χ0v) is 30.3. The van der Waals surface area contributed by atoms with Gasteiger partial charge in [0.2, 0.25) is 0 Å². The van der Waals surface area contributed by atoms with E-state index >= 15 is 0 Å². The van der Waals surface area contributed by atoms with Crippen molar-refractivity contribution < 1.29 is 31.3 Å². The Hall–Kier alpha value is -2.60. The van der Waals surface area contributed by atoms with Crippen molar-refractivity contribution in [2.75, 3.05) is 12.3 Å². The minimum atomic E-state index is -1.35. The molecule has 0 aliphatic heterocycles. The maximum atomic E-state index is 7.50. The molecule has 0 aliphatic rings. The van der Waals surface area contributed by atoms with Crippen LogP contribution in [0.15, 0.2) is 152 Å². The Balaban J connectivity index is 0.00000130. The molecule has 0 N–H and O–H groups in total. The first-order valence-corrected chi connectivity index (χ1v) is 22.0. The van der Waals surface area contributed by atoms with Gasteiger partial charge in [0.25, 0.3) is 0 Å². The van der Waals surface area contributed by atoms with Crippen molar-refractivity contribution in [3.05, 3.63) is 172 Å². The van der Waals surface area contributed by atoms with Crippen molar-refractivity contribution in [2.45, 2.75) is 10.4 Å². The molecule has 5 aromatic rings. The Morgan fingerprint density at radius 2 is 0.614 bits per heavy atom. The van der Waals surface area contributed by atoms with E-state index < -0.39 is 37.2 Å². The first-order valence-electron chi connectivity index (χ1n) is 13.6. The number of rotatable bonds is 11. The summed E-state index contributed by atoms with van der Waals surface area (Å²) in [7, 11) is -0.667. The van der Waals surface area contributed by atoms with E-state index in [0.717, 1.165) is 0 Å². The SMILES string of the molecule is [C-]#[O+].[C-]#[O+].[C-]#[O+].[Cr+3].c1ccc([PH+](CC[As+](c2ccccc2)c2ccccc2)CC[As+](c2ccccc2)c2ccccc2)cc1. The van der Waals surface area contributed by atoms with Crippen LogP contribution >= 0.6 is 7.92 Å². The third-order valence-corrected chi connectivity index (χ3v) is 22.0. The molecule has 0 unspecified atom stereocenters. The van der Waals surface area contributed by atoms with E-state index in [9.17, 15) is 0 Å². The standard InChI is InChI=1S/C34H33As2P.3CO.Cr/c1-6-16-30(17-7-1)35(31-18-8-2-9-19-31)26-28-37(34-24-14-5-15-25-34)29-27-36(32-20-10-3-11-21-32)33-22-12-4-13-23-33;3*1-2;/h1-25H,26-29H2;;;;/q+2;;;;+3/p+1. The summed E-state index contributed by atoms with van der Waals surface area (Å²) in [6.07, 6.45) is 2.70. The molecule has 0 aromatic heterocycles. The molecule has 215 valence electrons. The van der Waals surface area contributed by atoms with Crippen LogP contribution in [0.3, 0.4) is 0 Å². The second-order valence-corrected chi connectivity index (χ2v) is 21.7. The van der Waals surface area contributed by atoms with Crippen molar-refractivity contribution in [2.24, 2.45) is 0 Å². The normalized spacial score (nSPS) is 9.66. The Bertz CT molecular complexity index is 1290. The zero-order valence-electron chi connectivity index (χ0n) is 24.3. The van der Waals surface area contributed by atoms with E-state index in [1.165, 1.54) is 22.7 Å². The van der Waals surface area contributed by atoms with Gasteiger partial charge in [-0.2, -0.15) is 0 Å². The van der Waals surface area contributed by atoms with Crippen LogP contribution in [-0.4, -0.2) is 41.6 Å². The molecule has 0 atom stereocenters. The molecule has 5 rings (SSSR count). The molecule has 3 radical (unpaired) electrons. The topological polar surface area (TPSA) is 59.7 Å². The van der Waals surface area contributed by atoms with Crippen LogP contribution in [0.1, 0.15) is 0 Å². The summed E-state index contributed by atoms with van der Waals surface area (Å²) in [6.45, 7) is 13.5. The van der Waals surface area contributed by atoms with Gasteiger partial charge in [0.15, 0.2) is 0 Å². The zero-order chi connectivity index (χ0) is 31.1. The summed E-state index contributed by atoms with van der Waals surface area (Å²) in [5, 5.41) is 4.29. The summed E-state index contributed by atoms with van der Waals surface area (Å²) in [5.74, 6) is 0. The van der Waals surface area contributed by atoms with Crippen LogP contribution in [0.5, 0.6) is 0 Å². The van der Waals surface area contributed by atoms with E-state index in [-0.39, 0.29) is 17.4 Å². The number of hydrogen-bond donors (Lipinski definition) is 0. The third kappa shape index (κ3) is 12.8. The third-order valence-electron chi connectivity index (χ3n) is 6.73. The van der Waals surface area contributed by atoms with E-state index in [1.807, 2.05) is 0 Å². The van der Waals surface area contributed by atoms with Gasteiger partial charge in [0, 0.05) is 0 Å². The average molecular weight is 759 g/mol. The Morgan fingerprint density at radius 1 is 0.386 bits per heavy atom. The molecule has 0 heterocycles. The van der Waals surface area contributed by atoms with E-state index in [0.29, 0.717) is 0 Å². The molecular formula is C37H34As2CrO3P+6. The van der Waals surface area contributed by atoms with Crippen molar-refractivity contribution >= 4 is 59.9 Å². The van der Waals surface area contributed by atoms with Gasteiger partial charge in [0.05, 0.1) is 0 Å². The van der Waals surface area contributed by atoms with Gasteiger partial charge in [-0.05, 0) is 0 Å². The van der Waals surface area contributed by atoms with Gasteiger partial charge >= 0.3 is 286 Å². The van der Waals surface area contributed by atoms with Crippen molar-refractivity contribution in [3.63, 3.8) is 0 Å². The molecule has 3 nitrogen and oxygen atoms in total. The molecule has 0 saturated heterocycles. The van der Waals surface area contributed by atoms with Gasteiger partial charge in [0.1, 0.15) is 0 Å². The van der Waals surface area contributed by atoms with Gasteiger partial charge < -0.3 is 0 Å². The maximum absolute atomic E-state index is 7.50. The van der Waals surface area contributed by atoms with Gasteiger partial charge in [-0.1, -0.05) is 0 Å². The average Bonchev–Trinajstić information content (AvgIpc) is 3.12. The van der Waals surface area contributed by atoms with E-state index in [1.54, 1.807) is 22.7 Å². The monoisotopic (exact) mass is 759 g/mol. The fraction of sp³-hybridized carbons (Fsp3) is 0.108. The molecule has 0 fully saturated rings. The van der Waals surface area contributed by atoms with Gasteiger partial charge in [-0.25, -0.2) is 0 Å². The molecule has 5 aromatic carbocycles. The first-order chi connectivity index (χ1) is 21.4. The van der Waals surface area contributed by atoms with Crippen molar-refractivity contribution in [1.82, 2.24) is 0 Å². The summed E-state index contributed by atoms with van der Waals surface area (Å²) in [4.78, 5) is 0. The summed E-state index contributed by atoms with van der Waals surface area (Å²) in [5.41, 5.74) is 0. The quantitative estimate of drug-likeness (QED) is 0.0787. The second-order valence-electron chi connectivity index (χ2n) is 9.12. The molecule has 7 heteroatoms. The van der Waals surface area contributed by atoms with E-state index in [2.05, 4.69) is 172 Å². The van der Waals surface area contributed by atoms with Crippen LogP contribution in [-0.2, 0) is 31.3 Å². The Kier molecular flexibility index (Phi) is 22.1. The first kappa shape index (κ1) is 39.4. The summed E-state index contributed by atoms with van der Waals surface area (Å²) < 4.78 is 28.8. The molecule has 0 amide bonds. The predicted molar refractivity (Wildman–Crippen MR) is 181 cm³/mol.